The smallest absolute Gasteiger partial charge is 0.293 e. The van der Waals surface area contributed by atoms with Crippen molar-refractivity contribution in [3.8, 4) is 0 Å². The number of aromatic nitrogens is 5. The van der Waals surface area contributed by atoms with Crippen molar-refractivity contribution in [1.29, 1.82) is 0 Å². The lowest BCUT2D eigenvalue weighted by molar-refractivity contribution is 0.494. The Labute approximate surface area is 171 Å². The van der Waals surface area contributed by atoms with E-state index in [9.17, 15) is 4.79 Å². The van der Waals surface area contributed by atoms with Crippen molar-refractivity contribution in [3.05, 3.63) is 46.5 Å². The third-order valence-electron chi connectivity index (χ3n) is 5.54. The van der Waals surface area contributed by atoms with Crippen LogP contribution in [0.15, 0.2) is 35.3 Å². The number of imidazole rings is 1. The van der Waals surface area contributed by atoms with Gasteiger partial charge in [0.2, 0.25) is 5.95 Å². The van der Waals surface area contributed by atoms with Gasteiger partial charge in [-0.1, -0.05) is 18.2 Å². The molecule has 0 radical (unpaired) electrons. The second-order valence-corrected chi connectivity index (χ2v) is 8.28. The van der Waals surface area contributed by atoms with Gasteiger partial charge in [-0.2, -0.15) is 9.47 Å². The van der Waals surface area contributed by atoms with Gasteiger partial charge in [0.05, 0.1) is 23.1 Å². The number of benzene rings is 1. The lowest BCUT2D eigenvalue weighted by atomic mass is 10.1. The summed E-state index contributed by atoms with van der Waals surface area (Å²) in [4.78, 5) is 20.2. The van der Waals surface area contributed by atoms with Crippen LogP contribution in [-0.4, -0.2) is 42.8 Å². The highest BCUT2D eigenvalue weighted by Gasteiger charge is 2.24. The first kappa shape index (κ1) is 18.3. The van der Waals surface area contributed by atoms with Gasteiger partial charge < -0.3 is 15.2 Å². The van der Waals surface area contributed by atoms with Gasteiger partial charge in [0.15, 0.2) is 0 Å². The summed E-state index contributed by atoms with van der Waals surface area (Å²) < 4.78 is 9.13. The molecule has 29 heavy (non-hydrogen) atoms. The number of anilines is 1. The maximum absolute atomic E-state index is 13.3. The molecule has 1 aromatic carbocycles. The fraction of sp³-hybridized carbons (Fsp3) is 0.400. The molecule has 0 aliphatic carbocycles. The zero-order chi connectivity index (χ0) is 20.0. The van der Waals surface area contributed by atoms with Crippen molar-refractivity contribution in [2.45, 2.75) is 38.9 Å². The summed E-state index contributed by atoms with van der Waals surface area (Å²) in [7, 11) is 0. The van der Waals surface area contributed by atoms with E-state index < -0.39 is 0 Å². The van der Waals surface area contributed by atoms with Crippen LogP contribution in [0.1, 0.15) is 25.5 Å². The normalized spacial score (nSPS) is 17.4. The molecular weight excluding hydrogens is 386 g/mol. The van der Waals surface area contributed by atoms with Gasteiger partial charge in [0, 0.05) is 31.1 Å². The third kappa shape index (κ3) is 3.10. The van der Waals surface area contributed by atoms with Crippen LogP contribution in [0.4, 0.5) is 5.95 Å². The number of aryl methyl sites for hydroxylation is 1. The minimum Gasteiger partial charge on any atom is -0.341 e. The van der Waals surface area contributed by atoms with Crippen molar-refractivity contribution in [2.24, 2.45) is 5.73 Å². The second-order valence-electron chi connectivity index (χ2n) is 7.47. The van der Waals surface area contributed by atoms with E-state index in [1.54, 1.807) is 6.20 Å². The average Bonchev–Trinajstić information content (AvgIpc) is 3.32. The quantitative estimate of drug-likeness (QED) is 0.555. The Morgan fingerprint density at radius 2 is 2.17 bits per heavy atom. The highest BCUT2D eigenvalue weighted by molar-refractivity contribution is 7.13. The van der Waals surface area contributed by atoms with Gasteiger partial charge in [-0.15, -0.1) is 0 Å². The molecule has 1 saturated heterocycles. The molecule has 0 amide bonds. The molecule has 1 fully saturated rings. The van der Waals surface area contributed by atoms with E-state index in [0.29, 0.717) is 24.1 Å². The Bertz CT molecular complexity index is 1240. The Morgan fingerprint density at radius 1 is 1.31 bits per heavy atom. The molecule has 150 valence electrons. The molecule has 0 spiro atoms. The van der Waals surface area contributed by atoms with Crippen LogP contribution in [-0.2, 0) is 13.1 Å². The molecule has 9 heteroatoms. The maximum Gasteiger partial charge on any atom is 0.293 e. The Morgan fingerprint density at radius 3 is 3.00 bits per heavy atom. The van der Waals surface area contributed by atoms with Crippen LogP contribution in [0.5, 0.6) is 0 Å². The van der Waals surface area contributed by atoms with Gasteiger partial charge in [-0.05, 0) is 37.4 Å². The first-order valence-corrected chi connectivity index (χ1v) is 10.7. The van der Waals surface area contributed by atoms with E-state index in [1.807, 2.05) is 35.8 Å². The van der Waals surface area contributed by atoms with Gasteiger partial charge >= 0.3 is 0 Å². The zero-order valence-electron chi connectivity index (χ0n) is 16.3. The number of rotatable bonds is 4. The summed E-state index contributed by atoms with van der Waals surface area (Å²) in [6, 6.07) is 8.20. The van der Waals surface area contributed by atoms with Crippen LogP contribution in [0.25, 0.3) is 21.1 Å². The molecule has 4 aromatic rings. The lowest BCUT2D eigenvalue weighted by Gasteiger charge is -2.31. The maximum atomic E-state index is 13.3. The number of hydrogen-bond donors (Lipinski definition) is 1. The van der Waals surface area contributed by atoms with Crippen molar-refractivity contribution in [2.75, 3.05) is 18.0 Å². The molecule has 3 aromatic heterocycles. The molecule has 0 bridgehead atoms. The molecule has 4 heterocycles. The standard InChI is InChI=1S/C20H23N7OS/c1-2-26-18-15(23-20(26)25-9-5-6-13(21)11-25)10-22-27(19(18)28)12-16-14-7-3-4-8-17(14)29-24-16/h3-4,7-8,10,13H,2,5-6,9,11-12,21H2,1H3/t13-/m1/s1. The minimum atomic E-state index is -0.138. The Balaban J connectivity index is 1.58. The molecule has 1 aliphatic rings. The number of nitrogens with two attached hydrogens (primary N) is 1. The number of fused-ring (bicyclic) bond motifs is 2. The highest BCUT2D eigenvalue weighted by Crippen LogP contribution is 2.24. The predicted molar refractivity (Wildman–Crippen MR) is 116 cm³/mol. The largest absolute Gasteiger partial charge is 0.341 e. The molecule has 5 rings (SSSR count). The molecule has 0 unspecified atom stereocenters. The fourth-order valence-corrected chi connectivity index (χ4v) is 4.90. The first-order valence-electron chi connectivity index (χ1n) is 9.96. The summed E-state index contributed by atoms with van der Waals surface area (Å²) in [5.74, 6) is 0.813. The van der Waals surface area contributed by atoms with Crippen molar-refractivity contribution in [1.82, 2.24) is 23.7 Å². The van der Waals surface area contributed by atoms with Crippen molar-refractivity contribution < 1.29 is 0 Å². The van der Waals surface area contributed by atoms with Gasteiger partial charge in [0.25, 0.3) is 5.56 Å². The fourth-order valence-electron chi connectivity index (χ4n) is 4.11. The first-order chi connectivity index (χ1) is 14.2. The van der Waals surface area contributed by atoms with Crippen LogP contribution in [0.3, 0.4) is 0 Å². The molecule has 2 N–H and O–H groups in total. The predicted octanol–water partition coefficient (Wildman–Crippen LogP) is 2.20. The van der Waals surface area contributed by atoms with E-state index in [-0.39, 0.29) is 11.6 Å². The molecule has 8 nitrogen and oxygen atoms in total. The topological polar surface area (TPSA) is 94.9 Å². The summed E-state index contributed by atoms with van der Waals surface area (Å²) in [6.07, 6.45) is 3.75. The highest BCUT2D eigenvalue weighted by atomic mass is 32.1. The monoisotopic (exact) mass is 409 g/mol. The summed E-state index contributed by atoms with van der Waals surface area (Å²) in [6.45, 7) is 4.71. The van der Waals surface area contributed by atoms with Crippen LogP contribution in [0, 0.1) is 0 Å². The van der Waals surface area contributed by atoms with E-state index in [4.69, 9.17) is 10.7 Å². The average molecular weight is 410 g/mol. The van der Waals surface area contributed by atoms with E-state index in [2.05, 4.69) is 14.4 Å². The van der Waals surface area contributed by atoms with Crippen LogP contribution in [0.2, 0.25) is 0 Å². The molecular formula is C20H23N7OS. The van der Waals surface area contributed by atoms with E-state index in [0.717, 1.165) is 47.7 Å². The van der Waals surface area contributed by atoms with Crippen LogP contribution >= 0.6 is 11.5 Å². The van der Waals surface area contributed by atoms with Gasteiger partial charge in [0.1, 0.15) is 11.0 Å². The molecule has 1 aliphatic heterocycles. The van der Waals surface area contributed by atoms with Crippen molar-refractivity contribution >= 4 is 38.6 Å². The lowest BCUT2D eigenvalue weighted by Crippen LogP contribution is -2.44. The van der Waals surface area contributed by atoms with Crippen molar-refractivity contribution in [3.63, 3.8) is 0 Å². The second kappa shape index (κ2) is 7.23. The van der Waals surface area contributed by atoms with Gasteiger partial charge in [-0.25, -0.2) is 9.67 Å². The zero-order valence-corrected chi connectivity index (χ0v) is 17.1. The Kier molecular flexibility index (Phi) is 4.56. The summed E-state index contributed by atoms with van der Waals surface area (Å²) in [5, 5.41) is 5.45. The van der Waals surface area contributed by atoms with Crippen LogP contribution < -0.4 is 16.2 Å². The summed E-state index contributed by atoms with van der Waals surface area (Å²) in [5.41, 5.74) is 8.11. The number of hydrogen-bond acceptors (Lipinski definition) is 7. The van der Waals surface area contributed by atoms with E-state index >= 15 is 0 Å². The third-order valence-corrected chi connectivity index (χ3v) is 6.40. The van der Waals surface area contributed by atoms with E-state index in [1.165, 1.54) is 16.2 Å². The molecule has 0 saturated carbocycles. The summed E-state index contributed by atoms with van der Waals surface area (Å²) >= 11 is 1.44. The minimum absolute atomic E-state index is 0.138. The number of piperidine rings is 1. The SMILES string of the molecule is CCn1c(N2CCC[C@@H](N)C2)nc2cnn(Cc3nsc4ccccc34)c(=O)c21. The number of nitrogens with zero attached hydrogens (tertiary/aromatic N) is 6. The molecule has 1 atom stereocenters. The Hall–Kier alpha value is -2.78. The van der Waals surface area contributed by atoms with Gasteiger partial charge in [-0.3, -0.25) is 4.79 Å².